The molecule has 1 aliphatic rings. The Kier molecular flexibility index (Phi) is 3.65. The molecule has 0 aromatic heterocycles. The molecule has 1 N–H and O–H groups in total. The van der Waals surface area contributed by atoms with Gasteiger partial charge in [-0.2, -0.15) is 17.0 Å². The largest absolute Gasteiger partial charge is 0.309 e. The van der Waals surface area contributed by atoms with Crippen molar-refractivity contribution >= 4 is 11.8 Å². The van der Waals surface area contributed by atoms with Crippen LogP contribution < -0.4 is 5.32 Å². The monoisotopic (exact) mass is 218 g/mol. The van der Waals surface area contributed by atoms with Gasteiger partial charge in [-0.05, 0) is 29.9 Å². The lowest BCUT2D eigenvalue weighted by molar-refractivity contribution is 0.558. The molecule has 1 aromatic carbocycles. The fourth-order valence-electron chi connectivity index (χ4n) is 1.71. The zero-order valence-corrected chi connectivity index (χ0v) is 9.39. The van der Waals surface area contributed by atoms with E-state index >= 15 is 0 Å². The zero-order chi connectivity index (χ0) is 10.5. The summed E-state index contributed by atoms with van der Waals surface area (Å²) in [6.07, 6.45) is 1.27. The Bertz CT molecular complexity index is 364. The summed E-state index contributed by atoms with van der Waals surface area (Å²) < 4.78 is 0. The Morgan fingerprint density at radius 2 is 2.47 bits per heavy atom. The molecule has 2 rings (SSSR count). The summed E-state index contributed by atoms with van der Waals surface area (Å²) in [6.45, 7) is 0.876. The second-order valence-electron chi connectivity index (χ2n) is 3.75. The molecule has 0 bridgehead atoms. The van der Waals surface area contributed by atoms with Crippen molar-refractivity contribution in [1.29, 1.82) is 5.26 Å². The van der Waals surface area contributed by atoms with Gasteiger partial charge in [0, 0.05) is 18.3 Å². The van der Waals surface area contributed by atoms with Crippen molar-refractivity contribution in [3.8, 4) is 6.07 Å². The standard InChI is InChI=1S/C12H14N2S/c13-7-10-2-1-3-11(6-10)8-14-12-4-5-15-9-12/h1-3,6,12,14H,4-5,8-9H2. The molecule has 3 heteroatoms. The first-order valence-electron chi connectivity index (χ1n) is 5.18. The number of nitrogens with one attached hydrogen (secondary N) is 1. The molecule has 0 spiro atoms. The minimum atomic E-state index is 0.653. The van der Waals surface area contributed by atoms with Crippen LogP contribution in [0.3, 0.4) is 0 Å². The molecule has 15 heavy (non-hydrogen) atoms. The van der Waals surface area contributed by atoms with E-state index in [1.54, 1.807) is 0 Å². The highest BCUT2D eigenvalue weighted by atomic mass is 32.2. The molecular formula is C12H14N2S. The first-order valence-corrected chi connectivity index (χ1v) is 6.34. The highest BCUT2D eigenvalue weighted by Gasteiger charge is 2.14. The highest BCUT2D eigenvalue weighted by molar-refractivity contribution is 7.99. The number of hydrogen-bond acceptors (Lipinski definition) is 3. The van der Waals surface area contributed by atoms with E-state index in [-0.39, 0.29) is 0 Å². The van der Waals surface area contributed by atoms with Crippen LogP contribution in [0.25, 0.3) is 0 Å². The van der Waals surface area contributed by atoms with E-state index in [0.717, 1.165) is 12.1 Å². The average molecular weight is 218 g/mol. The minimum absolute atomic E-state index is 0.653. The van der Waals surface area contributed by atoms with Gasteiger partial charge in [0.1, 0.15) is 0 Å². The van der Waals surface area contributed by atoms with Crippen LogP contribution >= 0.6 is 11.8 Å². The first-order chi connectivity index (χ1) is 7.38. The number of hydrogen-bond donors (Lipinski definition) is 1. The average Bonchev–Trinajstić information content (AvgIpc) is 2.79. The van der Waals surface area contributed by atoms with Gasteiger partial charge in [-0.1, -0.05) is 12.1 Å². The maximum atomic E-state index is 8.77. The van der Waals surface area contributed by atoms with E-state index in [9.17, 15) is 0 Å². The third-order valence-corrected chi connectivity index (χ3v) is 3.74. The molecule has 1 fully saturated rings. The maximum absolute atomic E-state index is 8.77. The van der Waals surface area contributed by atoms with Crippen LogP contribution in [0.5, 0.6) is 0 Å². The predicted octanol–water partition coefficient (Wildman–Crippen LogP) is 2.15. The number of thioether (sulfide) groups is 1. The fourth-order valence-corrected chi connectivity index (χ4v) is 2.90. The lowest BCUT2D eigenvalue weighted by Crippen LogP contribution is -2.27. The van der Waals surface area contributed by atoms with Crippen molar-refractivity contribution in [3.63, 3.8) is 0 Å². The normalized spacial score (nSPS) is 20.1. The van der Waals surface area contributed by atoms with Crippen LogP contribution in [0, 0.1) is 11.3 Å². The van der Waals surface area contributed by atoms with Crippen molar-refractivity contribution in [3.05, 3.63) is 35.4 Å². The summed E-state index contributed by atoms with van der Waals surface area (Å²) in [7, 11) is 0. The van der Waals surface area contributed by atoms with Crippen LogP contribution in [-0.2, 0) is 6.54 Å². The molecule has 1 aromatic rings. The van der Waals surface area contributed by atoms with E-state index in [4.69, 9.17) is 5.26 Å². The van der Waals surface area contributed by atoms with Crippen molar-refractivity contribution < 1.29 is 0 Å². The highest BCUT2D eigenvalue weighted by Crippen LogP contribution is 2.17. The number of nitrogens with zero attached hydrogens (tertiary/aromatic N) is 1. The van der Waals surface area contributed by atoms with Crippen molar-refractivity contribution in [1.82, 2.24) is 5.32 Å². The lowest BCUT2D eigenvalue weighted by atomic mass is 10.1. The Hall–Kier alpha value is -0.980. The van der Waals surface area contributed by atoms with E-state index in [2.05, 4.69) is 17.5 Å². The van der Waals surface area contributed by atoms with Gasteiger partial charge in [-0.15, -0.1) is 0 Å². The third kappa shape index (κ3) is 2.98. The molecule has 1 aliphatic heterocycles. The molecule has 78 valence electrons. The van der Waals surface area contributed by atoms with Crippen LogP contribution in [-0.4, -0.2) is 17.5 Å². The van der Waals surface area contributed by atoms with Gasteiger partial charge < -0.3 is 5.32 Å². The predicted molar refractivity (Wildman–Crippen MR) is 63.7 cm³/mol. The van der Waals surface area contributed by atoms with E-state index in [0.29, 0.717) is 6.04 Å². The molecule has 0 aliphatic carbocycles. The van der Waals surface area contributed by atoms with Gasteiger partial charge >= 0.3 is 0 Å². The van der Waals surface area contributed by atoms with Gasteiger partial charge in [0.05, 0.1) is 11.6 Å². The van der Waals surface area contributed by atoms with Crippen LogP contribution in [0.15, 0.2) is 24.3 Å². The van der Waals surface area contributed by atoms with Crippen LogP contribution in [0.2, 0.25) is 0 Å². The number of benzene rings is 1. The summed E-state index contributed by atoms with van der Waals surface area (Å²) in [4.78, 5) is 0. The molecule has 0 amide bonds. The minimum Gasteiger partial charge on any atom is -0.309 e. The van der Waals surface area contributed by atoms with Gasteiger partial charge in [-0.25, -0.2) is 0 Å². The molecule has 1 heterocycles. The quantitative estimate of drug-likeness (QED) is 0.844. The molecular weight excluding hydrogens is 204 g/mol. The van der Waals surface area contributed by atoms with Crippen molar-refractivity contribution in [2.24, 2.45) is 0 Å². The van der Waals surface area contributed by atoms with Crippen molar-refractivity contribution in [2.45, 2.75) is 19.0 Å². The molecule has 2 nitrogen and oxygen atoms in total. The second kappa shape index (κ2) is 5.20. The summed E-state index contributed by atoms with van der Waals surface area (Å²) in [6, 6.07) is 10.6. The zero-order valence-electron chi connectivity index (χ0n) is 8.57. The SMILES string of the molecule is N#Cc1cccc(CNC2CCSC2)c1. The molecule has 0 saturated carbocycles. The second-order valence-corrected chi connectivity index (χ2v) is 4.90. The van der Waals surface area contributed by atoms with Gasteiger partial charge in [0.2, 0.25) is 0 Å². The number of rotatable bonds is 3. The Balaban J connectivity index is 1.90. The topological polar surface area (TPSA) is 35.8 Å². The first kappa shape index (κ1) is 10.5. The van der Waals surface area contributed by atoms with E-state index in [1.165, 1.54) is 23.5 Å². The Morgan fingerprint density at radius 3 is 3.20 bits per heavy atom. The third-order valence-electron chi connectivity index (χ3n) is 2.58. The van der Waals surface area contributed by atoms with Crippen LogP contribution in [0.4, 0.5) is 0 Å². The summed E-state index contributed by atoms with van der Waals surface area (Å²) >= 11 is 2.01. The number of nitriles is 1. The Labute approximate surface area is 94.7 Å². The summed E-state index contributed by atoms with van der Waals surface area (Å²) in [5.41, 5.74) is 1.95. The Morgan fingerprint density at radius 1 is 1.53 bits per heavy atom. The van der Waals surface area contributed by atoms with Gasteiger partial charge in [-0.3, -0.25) is 0 Å². The molecule has 1 saturated heterocycles. The smallest absolute Gasteiger partial charge is 0.0991 e. The van der Waals surface area contributed by atoms with Crippen LogP contribution in [0.1, 0.15) is 17.5 Å². The van der Waals surface area contributed by atoms with Gasteiger partial charge in [0.25, 0.3) is 0 Å². The van der Waals surface area contributed by atoms with Crippen molar-refractivity contribution in [2.75, 3.05) is 11.5 Å². The molecule has 1 atom stereocenters. The lowest BCUT2D eigenvalue weighted by Gasteiger charge is -2.10. The summed E-state index contributed by atoms with van der Waals surface area (Å²) in [5.74, 6) is 2.49. The van der Waals surface area contributed by atoms with Gasteiger partial charge in [0.15, 0.2) is 0 Å². The maximum Gasteiger partial charge on any atom is 0.0991 e. The fraction of sp³-hybridized carbons (Fsp3) is 0.417. The summed E-state index contributed by atoms with van der Waals surface area (Å²) in [5, 5.41) is 12.3. The molecule has 1 unspecified atom stereocenters. The molecule has 0 radical (unpaired) electrons. The van der Waals surface area contributed by atoms with E-state index < -0.39 is 0 Å². The van der Waals surface area contributed by atoms with E-state index in [1.807, 2.05) is 30.0 Å².